The average molecular weight is 500 g/mol. The van der Waals surface area contributed by atoms with Crippen molar-refractivity contribution < 1.29 is 12.8 Å². The number of aliphatic imine (C=N–C) groups is 1. The van der Waals surface area contributed by atoms with Crippen molar-refractivity contribution in [3.05, 3.63) is 35.6 Å². The smallest absolute Gasteiger partial charge is 0.211 e. The van der Waals surface area contributed by atoms with Crippen molar-refractivity contribution in [3.63, 3.8) is 0 Å². The van der Waals surface area contributed by atoms with Gasteiger partial charge in [0.05, 0.1) is 5.75 Å². The fraction of sp³-hybridized carbons (Fsp3) is 0.588. The molecule has 1 aromatic carbocycles. The van der Waals surface area contributed by atoms with Gasteiger partial charge in [-0.1, -0.05) is 26.0 Å². The quantitative estimate of drug-likeness (QED) is 0.210. The van der Waals surface area contributed by atoms with Crippen molar-refractivity contribution in [1.82, 2.24) is 15.4 Å². The minimum absolute atomic E-state index is 0. The molecule has 0 unspecified atom stereocenters. The standard InChI is InChI=1S/C17H29FN4O2S.HI/c1-5-25(23,24)22-11-7-10-20-16(19-4)21-13-17(2,3)14-8-6-9-15(18)12-14;/h6,8-9,12,22H,5,7,10-11,13H2,1-4H3,(H2,19,20,21);1H. The van der Waals surface area contributed by atoms with Crippen LogP contribution in [0.3, 0.4) is 0 Å². The van der Waals surface area contributed by atoms with Gasteiger partial charge >= 0.3 is 0 Å². The zero-order valence-corrected chi connectivity index (χ0v) is 18.9. The van der Waals surface area contributed by atoms with Crippen molar-refractivity contribution in [3.8, 4) is 0 Å². The first-order valence-corrected chi connectivity index (χ1v) is 10.0. The van der Waals surface area contributed by atoms with E-state index >= 15 is 0 Å². The maximum atomic E-state index is 13.4. The molecule has 6 nitrogen and oxygen atoms in total. The Morgan fingerprint density at radius 3 is 2.50 bits per heavy atom. The minimum Gasteiger partial charge on any atom is -0.356 e. The van der Waals surface area contributed by atoms with E-state index in [1.54, 1.807) is 20.0 Å². The highest BCUT2D eigenvalue weighted by atomic mass is 127. The molecule has 0 amide bonds. The molecule has 0 fully saturated rings. The van der Waals surface area contributed by atoms with Crippen LogP contribution in [-0.4, -0.2) is 46.8 Å². The number of sulfonamides is 1. The highest BCUT2D eigenvalue weighted by molar-refractivity contribution is 14.0. The summed E-state index contributed by atoms with van der Waals surface area (Å²) in [7, 11) is -1.47. The van der Waals surface area contributed by atoms with Gasteiger partial charge in [-0.25, -0.2) is 17.5 Å². The second-order valence-electron chi connectivity index (χ2n) is 6.40. The third kappa shape index (κ3) is 9.13. The fourth-order valence-corrected chi connectivity index (χ4v) is 2.82. The van der Waals surface area contributed by atoms with Crippen LogP contribution in [0.2, 0.25) is 0 Å². The summed E-state index contributed by atoms with van der Waals surface area (Å²) in [5.41, 5.74) is 0.639. The predicted octanol–water partition coefficient (Wildman–Crippen LogP) is 2.22. The molecule has 0 saturated heterocycles. The summed E-state index contributed by atoms with van der Waals surface area (Å²) < 4.78 is 38.6. The van der Waals surface area contributed by atoms with Gasteiger partial charge in [0.25, 0.3) is 0 Å². The van der Waals surface area contributed by atoms with E-state index in [-0.39, 0.29) is 41.0 Å². The van der Waals surface area contributed by atoms with Crippen LogP contribution >= 0.6 is 24.0 Å². The molecule has 0 aliphatic heterocycles. The summed E-state index contributed by atoms with van der Waals surface area (Å²) in [4.78, 5) is 4.15. The van der Waals surface area contributed by atoms with Crippen molar-refractivity contribution >= 4 is 40.0 Å². The van der Waals surface area contributed by atoms with Gasteiger partial charge in [-0.2, -0.15) is 0 Å². The zero-order valence-electron chi connectivity index (χ0n) is 15.8. The van der Waals surface area contributed by atoms with Gasteiger partial charge in [-0.15, -0.1) is 24.0 Å². The van der Waals surface area contributed by atoms with Crippen LogP contribution in [0.1, 0.15) is 32.8 Å². The van der Waals surface area contributed by atoms with Crippen LogP contribution < -0.4 is 15.4 Å². The molecule has 1 rings (SSSR count). The number of benzene rings is 1. The van der Waals surface area contributed by atoms with Gasteiger partial charge in [-0.05, 0) is 31.0 Å². The Bertz CT molecular complexity index is 681. The summed E-state index contributed by atoms with van der Waals surface area (Å²) in [5, 5.41) is 6.36. The molecule has 3 N–H and O–H groups in total. The summed E-state index contributed by atoms with van der Waals surface area (Å²) in [6.07, 6.45) is 0.646. The third-order valence-electron chi connectivity index (χ3n) is 3.88. The molecule has 1 aromatic rings. The molecule has 0 atom stereocenters. The van der Waals surface area contributed by atoms with E-state index in [9.17, 15) is 12.8 Å². The molecule has 9 heteroatoms. The largest absolute Gasteiger partial charge is 0.356 e. The topological polar surface area (TPSA) is 82.6 Å². The SMILES string of the molecule is CCS(=O)(=O)NCCCNC(=NC)NCC(C)(C)c1cccc(F)c1.I. The molecule has 0 spiro atoms. The first-order chi connectivity index (χ1) is 11.7. The van der Waals surface area contributed by atoms with Crippen molar-refractivity contribution in [2.24, 2.45) is 4.99 Å². The Balaban J connectivity index is 0.00000625. The number of hydrogen-bond acceptors (Lipinski definition) is 3. The van der Waals surface area contributed by atoms with Crippen LogP contribution in [0.4, 0.5) is 4.39 Å². The van der Waals surface area contributed by atoms with Gasteiger partial charge in [0, 0.05) is 32.1 Å². The van der Waals surface area contributed by atoms with Crippen LogP contribution in [0.25, 0.3) is 0 Å². The summed E-state index contributed by atoms with van der Waals surface area (Å²) in [5.74, 6) is 0.462. The van der Waals surface area contributed by atoms with Gasteiger partial charge < -0.3 is 10.6 Å². The molecular formula is C17H30FIN4O2S. The highest BCUT2D eigenvalue weighted by Crippen LogP contribution is 2.22. The van der Waals surface area contributed by atoms with Crippen LogP contribution in [0, 0.1) is 5.82 Å². The lowest BCUT2D eigenvalue weighted by Gasteiger charge is -2.26. The van der Waals surface area contributed by atoms with Gasteiger partial charge in [0.2, 0.25) is 10.0 Å². The lowest BCUT2D eigenvalue weighted by atomic mass is 9.84. The summed E-state index contributed by atoms with van der Waals surface area (Å²) in [6.45, 7) is 7.22. The summed E-state index contributed by atoms with van der Waals surface area (Å²) in [6, 6.07) is 6.58. The Kier molecular flexibility index (Phi) is 11.3. The lowest BCUT2D eigenvalue weighted by Crippen LogP contribution is -2.44. The molecule has 0 aliphatic rings. The van der Waals surface area contributed by atoms with E-state index in [1.165, 1.54) is 12.1 Å². The fourth-order valence-electron chi connectivity index (χ4n) is 2.16. The maximum Gasteiger partial charge on any atom is 0.211 e. The Hall–Kier alpha value is -0.940. The van der Waals surface area contributed by atoms with Crippen LogP contribution in [0.5, 0.6) is 0 Å². The van der Waals surface area contributed by atoms with Crippen molar-refractivity contribution in [2.45, 2.75) is 32.6 Å². The van der Waals surface area contributed by atoms with E-state index in [2.05, 4.69) is 20.3 Å². The maximum absolute atomic E-state index is 13.4. The molecule has 150 valence electrons. The Labute approximate surface area is 173 Å². The normalized spacial score (nSPS) is 12.4. The number of rotatable bonds is 9. The Morgan fingerprint density at radius 1 is 1.23 bits per heavy atom. The Morgan fingerprint density at radius 2 is 1.92 bits per heavy atom. The van der Waals surface area contributed by atoms with Gasteiger partial charge in [0.1, 0.15) is 5.82 Å². The number of nitrogens with one attached hydrogen (secondary N) is 3. The van der Waals surface area contributed by atoms with E-state index in [0.29, 0.717) is 32.0 Å². The van der Waals surface area contributed by atoms with E-state index in [1.807, 2.05) is 19.9 Å². The molecule has 0 saturated carbocycles. The predicted molar refractivity (Wildman–Crippen MR) is 116 cm³/mol. The number of hydrogen-bond donors (Lipinski definition) is 3. The number of halogens is 2. The average Bonchev–Trinajstić information content (AvgIpc) is 2.57. The van der Waals surface area contributed by atoms with Crippen LogP contribution in [0.15, 0.2) is 29.3 Å². The van der Waals surface area contributed by atoms with E-state index in [4.69, 9.17) is 0 Å². The van der Waals surface area contributed by atoms with E-state index in [0.717, 1.165) is 5.56 Å². The summed E-state index contributed by atoms with van der Waals surface area (Å²) >= 11 is 0. The second-order valence-corrected chi connectivity index (χ2v) is 8.49. The first-order valence-electron chi connectivity index (χ1n) is 8.38. The van der Waals surface area contributed by atoms with Crippen LogP contribution in [-0.2, 0) is 15.4 Å². The second kappa shape index (κ2) is 11.7. The number of nitrogens with zero attached hydrogens (tertiary/aromatic N) is 1. The molecular weight excluding hydrogens is 470 g/mol. The third-order valence-corrected chi connectivity index (χ3v) is 5.28. The van der Waals surface area contributed by atoms with Crippen molar-refractivity contribution in [1.29, 1.82) is 0 Å². The highest BCUT2D eigenvalue weighted by Gasteiger charge is 2.21. The lowest BCUT2D eigenvalue weighted by molar-refractivity contribution is 0.503. The zero-order chi connectivity index (χ0) is 18.9. The van der Waals surface area contributed by atoms with Gasteiger partial charge in [0.15, 0.2) is 5.96 Å². The van der Waals surface area contributed by atoms with E-state index < -0.39 is 10.0 Å². The van der Waals surface area contributed by atoms with Gasteiger partial charge in [-0.3, -0.25) is 4.99 Å². The molecule has 26 heavy (non-hydrogen) atoms. The molecule has 0 heterocycles. The molecule has 0 aliphatic carbocycles. The number of guanidine groups is 1. The monoisotopic (exact) mass is 500 g/mol. The molecule has 0 bridgehead atoms. The van der Waals surface area contributed by atoms with Crippen molar-refractivity contribution in [2.75, 3.05) is 32.4 Å². The minimum atomic E-state index is -3.14. The molecule has 0 radical (unpaired) electrons. The first kappa shape index (κ1) is 25.1. The molecule has 0 aromatic heterocycles.